The van der Waals surface area contributed by atoms with Crippen LogP contribution in [0, 0.1) is 0 Å². The van der Waals surface area contributed by atoms with Gasteiger partial charge in [-0.3, -0.25) is 0 Å². The van der Waals surface area contributed by atoms with E-state index in [9.17, 15) is 0 Å². The highest BCUT2D eigenvalue weighted by Gasteiger charge is 2.27. The first-order valence-electron chi connectivity index (χ1n) is 9.61. The van der Waals surface area contributed by atoms with Crippen molar-refractivity contribution in [1.82, 2.24) is 0 Å². The van der Waals surface area contributed by atoms with Crippen LogP contribution in [0.3, 0.4) is 0 Å². The molecule has 5 heteroatoms. The molecule has 2 rings (SSSR count). The Morgan fingerprint density at radius 1 is 0.448 bits per heavy atom. The predicted molar refractivity (Wildman–Crippen MR) is 147 cm³/mol. The molecule has 0 radical (unpaired) electrons. The lowest BCUT2D eigenvalue weighted by Crippen LogP contribution is -2.07. The summed E-state index contributed by atoms with van der Waals surface area (Å²) in [6, 6.07) is 13.4. The van der Waals surface area contributed by atoms with Gasteiger partial charge in [0.25, 0.3) is 0 Å². The third-order valence-corrected chi connectivity index (χ3v) is 11.5. The molecule has 0 bridgehead atoms. The standard InChI is InChI=1S/C24H42OS4/c1-26(2,3)21-17-13-15-19(23(21)28(7,8)9)25-20-16-14-18-22(27(4,5)6)24(20)29(10,11)12/h13-18H,1-12H3. The summed E-state index contributed by atoms with van der Waals surface area (Å²) >= 11 is 0. The average Bonchev–Trinajstić information content (AvgIpc) is 2.50. The molecule has 29 heavy (non-hydrogen) atoms. The molecular formula is C24H42OS4. The smallest absolute Gasteiger partial charge is 0.140 e. The molecule has 168 valence electrons. The van der Waals surface area contributed by atoms with Gasteiger partial charge in [-0.15, -0.1) is 0 Å². The molecule has 0 spiro atoms. The van der Waals surface area contributed by atoms with E-state index in [0.717, 1.165) is 11.5 Å². The van der Waals surface area contributed by atoms with E-state index in [4.69, 9.17) is 4.74 Å². The molecule has 0 aliphatic rings. The number of hydrogen-bond donors (Lipinski definition) is 0. The monoisotopic (exact) mass is 474 g/mol. The molecule has 0 fully saturated rings. The molecule has 2 aromatic rings. The van der Waals surface area contributed by atoms with E-state index >= 15 is 0 Å². The maximum Gasteiger partial charge on any atom is 0.140 e. The lowest BCUT2D eigenvalue weighted by Gasteiger charge is -2.39. The summed E-state index contributed by atoms with van der Waals surface area (Å²) in [5.74, 6) is 2.11. The lowest BCUT2D eigenvalue weighted by atomic mass is 10.3. The molecule has 0 atom stereocenters. The van der Waals surface area contributed by atoms with Gasteiger partial charge in [0.2, 0.25) is 0 Å². The van der Waals surface area contributed by atoms with Gasteiger partial charge in [0.05, 0.1) is 0 Å². The van der Waals surface area contributed by atoms with Gasteiger partial charge in [-0.1, -0.05) is 12.1 Å². The fourth-order valence-electron chi connectivity index (χ4n) is 3.44. The zero-order valence-electron chi connectivity index (χ0n) is 20.5. The highest BCUT2D eigenvalue weighted by Crippen LogP contribution is 2.63. The molecule has 0 N–H and O–H groups in total. The van der Waals surface area contributed by atoms with Crippen molar-refractivity contribution in [2.75, 3.05) is 75.1 Å². The number of ether oxygens (including phenoxy) is 1. The van der Waals surface area contributed by atoms with Crippen LogP contribution in [-0.4, -0.2) is 75.1 Å². The Hall–Kier alpha value is -0.360. The molecular weight excluding hydrogens is 433 g/mol. The zero-order valence-corrected chi connectivity index (χ0v) is 23.8. The van der Waals surface area contributed by atoms with E-state index in [0.29, 0.717) is 0 Å². The van der Waals surface area contributed by atoms with Crippen molar-refractivity contribution in [3.8, 4) is 11.5 Å². The van der Waals surface area contributed by atoms with Crippen LogP contribution >= 0.6 is 40.1 Å². The van der Waals surface area contributed by atoms with E-state index in [2.05, 4.69) is 111 Å². The molecule has 0 unspecified atom stereocenters. The first-order valence-corrected chi connectivity index (χ1v) is 21.0. The van der Waals surface area contributed by atoms with Crippen molar-refractivity contribution in [3.63, 3.8) is 0 Å². The number of hydrogen-bond acceptors (Lipinski definition) is 1. The van der Waals surface area contributed by atoms with Crippen molar-refractivity contribution in [3.05, 3.63) is 36.4 Å². The van der Waals surface area contributed by atoms with Crippen LogP contribution in [0.2, 0.25) is 0 Å². The maximum atomic E-state index is 6.83. The van der Waals surface area contributed by atoms with Gasteiger partial charge in [0.15, 0.2) is 0 Å². The largest absolute Gasteiger partial charge is 0.455 e. The molecule has 0 saturated carbocycles. The third-order valence-electron chi connectivity index (χ3n) is 4.65. The van der Waals surface area contributed by atoms with Crippen LogP contribution in [0.4, 0.5) is 0 Å². The van der Waals surface area contributed by atoms with Crippen molar-refractivity contribution >= 4 is 40.1 Å². The molecule has 0 aromatic heterocycles. The Kier molecular flexibility index (Phi) is 7.12. The molecule has 0 saturated heterocycles. The second-order valence-corrected chi connectivity index (χ2v) is 27.0. The highest BCUT2D eigenvalue weighted by molar-refractivity contribution is 8.35. The first-order chi connectivity index (χ1) is 12.9. The van der Waals surface area contributed by atoms with Gasteiger partial charge in [0, 0.05) is 19.6 Å². The topological polar surface area (TPSA) is 9.23 Å². The lowest BCUT2D eigenvalue weighted by molar-refractivity contribution is 0.453. The van der Waals surface area contributed by atoms with Crippen LogP contribution in [0.25, 0.3) is 0 Å². The molecule has 1 nitrogen and oxygen atoms in total. The summed E-state index contributed by atoms with van der Waals surface area (Å²) in [7, 11) is -3.60. The van der Waals surface area contributed by atoms with Gasteiger partial charge < -0.3 is 4.74 Å². The highest BCUT2D eigenvalue weighted by atomic mass is 32.3. The third kappa shape index (κ3) is 5.87. The SMILES string of the molecule is CS(C)(C)c1cccc(Oc2cccc(S(C)(C)C)c2S(C)(C)C)c1S(C)(C)C. The van der Waals surface area contributed by atoms with Gasteiger partial charge in [0.1, 0.15) is 11.5 Å². The Labute approximate surface area is 186 Å². The van der Waals surface area contributed by atoms with Crippen LogP contribution in [0.5, 0.6) is 11.5 Å². The fourth-order valence-corrected chi connectivity index (χ4v) is 11.5. The quantitative estimate of drug-likeness (QED) is 0.417. The maximum absolute atomic E-state index is 6.83. The van der Waals surface area contributed by atoms with Crippen LogP contribution in [0.1, 0.15) is 0 Å². The summed E-state index contributed by atoms with van der Waals surface area (Å²) in [6.45, 7) is 0. The molecule has 0 aliphatic heterocycles. The fraction of sp³-hybridized carbons (Fsp3) is 0.500. The van der Waals surface area contributed by atoms with Crippen LogP contribution in [-0.2, 0) is 0 Å². The Bertz CT molecular complexity index is 802. The van der Waals surface area contributed by atoms with Gasteiger partial charge in [-0.25, -0.2) is 40.1 Å². The predicted octanol–water partition coefficient (Wildman–Crippen LogP) is 7.69. The minimum absolute atomic E-state index is 0.851. The molecule has 0 heterocycles. The van der Waals surface area contributed by atoms with Crippen LogP contribution in [0.15, 0.2) is 56.0 Å². The van der Waals surface area contributed by atoms with E-state index in [1.807, 2.05) is 0 Å². The van der Waals surface area contributed by atoms with Crippen LogP contribution < -0.4 is 4.74 Å². The minimum Gasteiger partial charge on any atom is -0.455 e. The van der Waals surface area contributed by atoms with E-state index in [-0.39, 0.29) is 0 Å². The second kappa shape index (κ2) is 8.29. The Balaban J connectivity index is 2.77. The average molecular weight is 475 g/mol. The molecule has 0 aliphatic carbocycles. The number of benzene rings is 2. The first kappa shape index (κ1) is 24.9. The van der Waals surface area contributed by atoms with Gasteiger partial charge >= 0.3 is 0 Å². The van der Waals surface area contributed by atoms with E-state index in [1.165, 1.54) is 19.6 Å². The summed E-state index contributed by atoms with van der Waals surface area (Å²) in [5, 5.41) is 0. The Morgan fingerprint density at radius 2 is 0.759 bits per heavy atom. The summed E-state index contributed by atoms with van der Waals surface area (Å²) in [6.07, 6.45) is 28.6. The van der Waals surface area contributed by atoms with Crippen molar-refractivity contribution in [2.45, 2.75) is 19.6 Å². The molecule has 0 amide bonds. The zero-order chi connectivity index (χ0) is 22.4. The Morgan fingerprint density at radius 3 is 1.00 bits per heavy atom. The van der Waals surface area contributed by atoms with Crippen molar-refractivity contribution < 1.29 is 4.74 Å². The van der Waals surface area contributed by atoms with Crippen molar-refractivity contribution in [2.24, 2.45) is 0 Å². The van der Waals surface area contributed by atoms with Gasteiger partial charge in [-0.05, 0) is 99.3 Å². The van der Waals surface area contributed by atoms with E-state index in [1.54, 1.807) is 0 Å². The van der Waals surface area contributed by atoms with Crippen molar-refractivity contribution in [1.29, 1.82) is 0 Å². The van der Waals surface area contributed by atoms with E-state index < -0.39 is 40.1 Å². The molecule has 2 aromatic carbocycles. The summed E-state index contributed by atoms with van der Waals surface area (Å²) in [4.78, 5) is 5.84. The normalized spacial score (nSPS) is 15.7. The number of rotatable bonds is 6. The minimum atomic E-state index is -0.946. The summed E-state index contributed by atoms with van der Waals surface area (Å²) in [5.41, 5.74) is 0. The second-order valence-electron chi connectivity index (χ2n) is 10.6. The summed E-state index contributed by atoms with van der Waals surface area (Å²) < 4.78 is 6.83. The van der Waals surface area contributed by atoms with Gasteiger partial charge in [-0.2, -0.15) is 0 Å².